The van der Waals surface area contributed by atoms with Gasteiger partial charge in [0.2, 0.25) is 0 Å². The lowest BCUT2D eigenvalue weighted by Crippen LogP contribution is -1.77. The first kappa shape index (κ1) is 26.5. The van der Waals surface area contributed by atoms with Crippen molar-refractivity contribution < 1.29 is 0 Å². The van der Waals surface area contributed by atoms with E-state index < -0.39 is 0 Å². The van der Waals surface area contributed by atoms with Crippen molar-refractivity contribution >= 4 is 11.8 Å². The van der Waals surface area contributed by atoms with E-state index in [1.54, 1.807) is 0 Å². The van der Waals surface area contributed by atoms with E-state index in [4.69, 9.17) is 0 Å². The highest BCUT2D eigenvalue weighted by Gasteiger charge is 1.80. The maximum absolute atomic E-state index is 2.22. The molecule has 1 heteroatoms. The molecular formula is C21H42S. The lowest BCUT2D eigenvalue weighted by Gasteiger charge is -1.90. The number of aryl methyl sites for hydroxylation is 1. The summed E-state index contributed by atoms with van der Waals surface area (Å²) in [5.41, 5.74) is 1.41. The fourth-order valence-corrected chi connectivity index (χ4v) is 1.33. The van der Waals surface area contributed by atoms with Gasteiger partial charge in [-0.3, -0.25) is 0 Å². The van der Waals surface area contributed by atoms with Crippen LogP contribution in [-0.2, 0) is 6.42 Å². The molecular weight excluding hydrogens is 284 g/mol. The van der Waals surface area contributed by atoms with Crippen molar-refractivity contribution in [1.82, 2.24) is 0 Å². The molecule has 0 fully saturated rings. The van der Waals surface area contributed by atoms with Gasteiger partial charge in [-0.15, -0.1) is 0 Å². The molecule has 0 unspecified atom stereocenters. The quantitative estimate of drug-likeness (QED) is 0.545. The van der Waals surface area contributed by atoms with Crippen LogP contribution < -0.4 is 0 Å². The van der Waals surface area contributed by atoms with Crippen LogP contribution in [-0.4, -0.2) is 12.0 Å². The molecule has 0 aromatic heterocycles. The number of hydrogen-bond acceptors (Lipinski definition) is 1. The minimum Gasteiger partial charge on any atom is -0.165 e. The summed E-state index contributed by atoms with van der Waals surface area (Å²) in [6.07, 6.45) is 5.88. The molecule has 0 bridgehead atoms. The third kappa shape index (κ3) is 36.6. The van der Waals surface area contributed by atoms with E-state index in [2.05, 4.69) is 85.9 Å². The Hall–Kier alpha value is -0.430. The van der Waals surface area contributed by atoms with E-state index in [9.17, 15) is 0 Å². The molecule has 132 valence electrons. The van der Waals surface area contributed by atoms with E-state index >= 15 is 0 Å². The molecule has 1 aromatic carbocycles. The molecule has 0 atom stereocenters. The van der Waals surface area contributed by atoms with E-state index in [0.717, 1.165) is 18.3 Å². The van der Waals surface area contributed by atoms with Crippen LogP contribution in [0, 0.1) is 11.8 Å². The highest BCUT2D eigenvalue weighted by Crippen LogP contribution is 1.97. The van der Waals surface area contributed by atoms with Crippen LogP contribution >= 0.6 is 11.8 Å². The monoisotopic (exact) mass is 326 g/mol. The normalized spacial score (nSPS) is 9.05. The van der Waals surface area contributed by atoms with E-state index in [-0.39, 0.29) is 0 Å². The highest BCUT2D eigenvalue weighted by molar-refractivity contribution is 7.98. The van der Waals surface area contributed by atoms with Crippen LogP contribution in [0.1, 0.15) is 73.8 Å². The molecule has 0 aliphatic carbocycles. The van der Waals surface area contributed by atoms with Gasteiger partial charge >= 0.3 is 0 Å². The molecule has 0 radical (unpaired) electrons. The van der Waals surface area contributed by atoms with Crippen molar-refractivity contribution in [2.45, 2.75) is 74.7 Å². The first-order valence-electron chi connectivity index (χ1n) is 8.88. The summed E-state index contributed by atoms with van der Waals surface area (Å²) in [4.78, 5) is 0. The van der Waals surface area contributed by atoms with Crippen LogP contribution in [0.5, 0.6) is 0 Å². The molecule has 0 saturated heterocycles. The fraction of sp³-hybridized carbons (Fsp3) is 0.714. The summed E-state index contributed by atoms with van der Waals surface area (Å²) >= 11 is 1.90. The standard InChI is InChI=1S/C8H10.C5H12.C4H10S.C4H10/c1-2-8-6-4-3-5-7-8;1-4-5(2)3;1-3-4-5-2;1-4(2)3/h3-7H,2H2,1H3;5H,4H2,1-3H3;3-4H2,1-2H3;4H,1-3H3. The van der Waals surface area contributed by atoms with E-state index in [0.29, 0.717) is 0 Å². The second-order valence-electron chi connectivity index (χ2n) is 6.37. The Labute approximate surface area is 146 Å². The Balaban J connectivity index is -0.000000230. The molecule has 22 heavy (non-hydrogen) atoms. The lowest BCUT2D eigenvalue weighted by atomic mass is 10.2. The van der Waals surface area contributed by atoms with Crippen LogP contribution in [0.4, 0.5) is 0 Å². The molecule has 0 aliphatic rings. The van der Waals surface area contributed by atoms with Crippen LogP contribution in [0.3, 0.4) is 0 Å². The fourth-order valence-electron chi connectivity index (χ4n) is 0.918. The van der Waals surface area contributed by atoms with Gasteiger partial charge in [-0.05, 0) is 42.2 Å². The Kier molecular flexibility index (Phi) is 27.5. The van der Waals surface area contributed by atoms with Crippen molar-refractivity contribution in [2.75, 3.05) is 12.0 Å². The largest absolute Gasteiger partial charge is 0.165 e. The van der Waals surface area contributed by atoms with Crippen LogP contribution in [0.2, 0.25) is 0 Å². The number of rotatable bonds is 4. The summed E-state index contributed by atoms with van der Waals surface area (Å²) in [5, 5.41) is 0. The molecule has 0 amide bonds. The SMILES string of the molecule is CC(C)C.CCC(C)C.CCCSC.CCc1ccccc1. The smallest absolute Gasteiger partial charge is 0.00729 e. The zero-order valence-corrected chi connectivity index (χ0v) is 17.6. The Morgan fingerprint density at radius 1 is 0.864 bits per heavy atom. The summed E-state index contributed by atoms with van der Waals surface area (Å²) in [6, 6.07) is 10.5. The van der Waals surface area contributed by atoms with Crippen molar-refractivity contribution in [3.05, 3.63) is 35.9 Å². The highest BCUT2D eigenvalue weighted by atomic mass is 32.2. The van der Waals surface area contributed by atoms with Crippen molar-refractivity contribution in [3.63, 3.8) is 0 Å². The minimum atomic E-state index is 0.833. The number of thioether (sulfide) groups is 1. The third-order valence-electron chi connectivity index (χ3n) is 2.48. The lowest BCUT2D eigenvalue weighted by molar-refractivity contribution is 0.626. The molecule has 0 nitrogen and oxygen atoms in total. The summed E-state index contributed by atoms with van der Waals surface area (Å²) < 4.78 is 0. The molecule has 1 rings (SSSR count). The van der Waals surface area contributed by atoms with Crippen molar-refractivity contribution in [3.8, 4) is 0 Å². The summed E-state index contributed by atoms with van der Waals surface area (Å²) in [6.45, 7) is 17.5. The molecule has 0 aliphatic heterocycles. The summed E-state index contributed by atoms with van der Waals surface area (Å²) in [5.74, 6) is 3.02. The third-order valence-corrected chi connectivity index (χ3v) is 3.29. The second kappa shape index (κ2) is 22.8. The average molecular weight is 327 g/mol. The average Bonchev–Trinajstić information content (AvgIpc) is 2.49. The van der Waals surface area contributed by atoms with Gasteiger partial charge in [-0.2, -0.15) is 11.8 Å². The number of hydrogen-bond donors (Lipinski definition) is 0. The topological polar surface area (TPSA) is 0 Å². The van der Waals surface area contributed by atoms with Gasteiger partial charge < -0.3 is 0 Å². The van der Waals surface area contributed by atoms with E-state index in [1.165, 1.54) is 24.2 Å². The molecule has 0 heterocycles. The van der Waals surface area contributed by atoms with E-state index in [1.807, 2.05) is 17.8 Å². The second-order valence-corrected chi connectivity index (χ2v) is 7.35. The van der Waals surface area contributed by atoms with Crippen LogP contribution in [0.15, 0.2) is 30.3 Å². The zero-order valence-electron chi connectivity index (χ0n) is 16.8. The number of benzene rings is 1. The van der Waals surface area contributed by atoms with Gasteiger partial charge in [0.25, 0.3) is 0 Å². The van der Waals surface area contributed by atoms with Crippen molar-refractivity contribution in [2.24, 2.45) is 11.8 Å². The maximum Gasteiger partial charge on any atom is -0.00729 e. The Morgan fingerprint density at radius 2 is 1.27 bits per heavy atom. The molecule has 0 spiro atoms. The van der Waals surface area contributed by atoms with Gasteiger partial charge in [-0.25, -0.2) is 0 Å². The van der Waals surface area contributed by atoms with Gasteiger partial charge in [-0.1, -0.05) is 92.1 Å². The molecule has 0 saturated carbocycles. The van der Waals surface area contributed by atoms with Gasteiger partial charge in [0, 0.05) is 0 Å². The van der Waals surface area contributed by atoms with Gasteiger partial charge in [0.1, 0.15) is 0 Å². The van der Waals surface area contributed by atoms with Crippen molar-refractivity contribution in [1.29, 1.82) is 0 Å². The van der Waals surface area contributed by atoms with Gasteiger partial charge in [0.05, 0.1) is 0 Å². The predicted octanol–water partition coefficient (Wildman–Crippen LogP) is 7.72. The maximum atomic E-state index is 2.22. The van der Waals surface area contributed by atoms with Crippen LogP contribution in [0.25, 0.3) is 0 Å². The summed E-state index contributed by atoms with van der Waals surface area (Å²) in [7, 11) is 0. The Bertz CT molecular complexity index is 260. The molecule has 1 aromatic rings. The van der Waals surface area contributed by atoms with Gasteiger partial charge in [0.15, 0.2) is 0 Å². The predicted molar refractivity (Wildman–Crippen MR) is 110 cm³/mol. The first-order valence-corrected chi connectivity index (χ1v) is 10.3. The minimum absolute atomic E-state index is 0.833. The molecule has 0 N–H and O–H groups in total. The zero-order chi connectivity index (χ0) is 17.8. The Morgan fingerprint density at radius 3 is 1.41 bits per heavy atom. The first-order chi connectivity index (χ1) is 10.3.